The molecule has 0 spiro atoms. The first-order chi connectivity index (χ1) is 9.80. The first-order valence-electron chi connectivity index (χ1n) is 7.74. The molecule has 1 aromatic carbocycles. The van der Waals surface area contributed by atoms with Gasteiger partial charge < -0.3 is 10.5 Å². The Hall–Kier alpha value is -1.53. The lowest BCUT2D eigenvalue weighted by atomic mass is 9.82. The highest BCUT2D eigenvalue weighted by molar-refractivity contribution is 5.31. The monoisotopic (exact) mass is 288 g/mol. The molecule has 1 atom stereocenters. The van der Waals surface area contributed by atoms with E-state index in [0.717, 1.165) is 25.0 Å². The fraction of sp³-hybridized carbons (Fsp3) is 0.611. The Labute approximate surface area is 129 Å². The molecule has 0 amide bonds. The first-order valence-corrected chi connectivity index (χ1v) is 7.74. The molecule has 1 unspecified atom stereocenters. The van der Waals surface area contributed by atoms with Gasteiger partial charge in [0, 0.05) is 0 Å². The molecule has 0 aliphatic carbocycles. The molecule has 0 fully saturated rings. The summed E-state index contributed by atoms with van der Waals surface area (Å²) in [7, 11) is 0. The predicted octanol–water partition coefficient (Wildman–Crippen LogP) is 4.16. The molecule has 1 rings (SSSR count). The van der Waals surface area contributed by atoms with Crippen molar-refractivity contribution in [3.05, 3.63) is 29.8 Å². The van der Waals surface area contributed by atoms with Gasteiger partial charge in [-0.2, -0.15) is 5.26 Å². The summed E-state index contributed by atoms with van der Waals surface area (Å²) in [5.74, 6) is 0.904. The van der Waals surface area contributed by atoms with E-state index in [4.69, 9.17) is 15.7 Å². The number of hydrogen-bond donors (Lipinski definition) is 1. The minimum Gasteiger partial charge on any atom is -0.494 e. The van der Waals surface area contributed by atoms with Gasteiger partial charge in [0.05, 0.1) is 12.7 Å². The second kappa shape index (κ2) is 7.47. The molecule has 0 heterocycles. The second-order valence-corrected chi connectivity index (χ2v) is 6.60. The van der Waals surface area contributed by atoms with E-state index in [1.165, 1.54) is 5.56 Å². The van der Waals surface area contributed by atoms with Crippen LogP contribution in [-0.4, -0.2) is 12.1 Å². The molecule has 3 heteroatoms. The van der Waals surface area contributed by atoms with Gasteiger partial charge >= 0.3 is 0 Å². The molecule has 0 saturated heterocycles. The van der Waals surface area contributed by atoms with E-state index in [2.05, 4.69) is 39.0 Å². The summed E-state index contributed by atoms with van der Waals surface area (Å²) in [5.41, 5.74) is 6.61. The summed E-state index contributed by atoms with van der Waals surface area (Å²) < 4.78 is 5.73. The van der Waals surface area contributed by atoms with Gasteiger partial charge in [-0.05, 0) is 55.7 Å². The third-order valence-corrected chi connectivity index (χ3v) is 4.13. The second-order valence-electron chi connectivity index (χ2n) is 6.60. The average Bonchev–Trinajstić information content (AvgIpc) is 2.47. The molecule has 3 nitrogen and oxygen atoms in total. The van der Waals surface area contributed by atoms with Crippen molar-refractivity contribution in [2.75, 3.05) is 6.61 Å². The van der Waals surface area contributed by atoms with Crippen molar-refractivity contribution in [1.29, 1.82) is 5.26 Å². The standard InChI is InChI=1S/C18H28N2O/c1-5-17(2,3)15-8-10-16(11-9-15)21-13-7-6-12-18(4,20)14-19/h8-11H,5-7,12-13,20H2,1-4H3. The first kappa shape index (κ1) is 17.5. The van der Waals surface area contributed by atoms with Crippen molar-refractivity contribution in [3.63, 3.8) is 0 Å². The molecular formula is C18H28N2O. The lowest BCUT2D eigenvalue weighted by molar-refractivity contribution is 0.300. The van der Waals surface area contributed by atoms with Crippen LogP contribution >= 0.6 is 0 Å². The molecule has 0 aromatic heterocycles. The van der Waals surface area contributed by atoms with Crippen LogP contribution in [0.4, 0.5) is 0 Å². The molecule has 0 aliphatic heterocycles. The van der Waals surface area contributed by atoms with Crippen LogP contribution in [-0.2, 0) is 5.41 Å². The smallest absolute Gasteiger partial charge is 0.119 e. The highest BCUT2D eigenvalue weighted by Gasteiger charge is 2.18. The minimum atomic E-state index is -0.715. The van der Waals surface area contributed by atoms with Crippen molar-refractivity contribution in [3.8, 4) is 11.8 Å². The zero-order valence-electron chi connectivity index (χ0n) is 13.8. The van der Waals surface area contributed by atoms with Gasteiger partial charge in [0.2, 0.25) is 0 Å². The Balaban J connectivity index is 2.36. The molecule has 0 saturated carbocycles. The summed E-state index contributed by atoms with van der Waals surface area (Å²) in [4.78, 5) is 0. The van der Waals surface area contributed by atoms with Crippen molar-refractivity contribution >= 4 is 0 Å². The number of nitrogens with two attached hydrogens (primary N) is 1. The van der Waals surface area contributed by atoms with E-state index in [1.807, 2.05) is 12.1 Å². The SMILES string of the molecule is CCC(C)(C)c1ccc(OCCCCC(C)(N)C#N)cc1. The van der Waals surface area contributed by atoms with Crippen molar-refractivity contribution in [2.24, 2.45) is 5.73 Å². The molecule has 1 aromatic rings. The van der Waals surface area contributed by atoms with Gasteiger partial charge in [-0.3, -0.25) is 0 Å². The zero-order chi connectivity index (χ0) is 15.9. The summed E-state index contributed by atoms with van der Waals surface area (Å²) in [6.45, 7) is 9.14. The Morgan fingerprint density at radius 2 is 1.76 bits per heavy atom. The number of rotatable bonds is 8. The molecule has 0 bridgehead atoms. The molecular weight excluding hydrogens is 260 g/mol. The number of ether oxygens (including phenoxy) is 1. The van der Waals surface area contributed by atoms with Gasteiger partial charge in [-0.15, -0.1) is 0 Å². The third-order valence-electron chi connectivity index (χ3n) is 4.13. The minimum absolute atomic E-state index is 0.210. The maximum atomic E-state index is 8.83. The van der Waals surface area contributed by atoms with E-state index in [0.29, 0.717) is 13.0 Å². The van der Waals surface area contributed by atoms with E-state index in [1.54, 1.807) is 6.92 Å². The van der Waals surface area contributed by atoms with Gasteiger partial charge in [-0.1, -0.05) is 32.9 Å². The summed E-state index contributed by atoms with van der Waals surface area (Å²) >= 11 is 0. The van der Waals surface area contributed by atoms with Gasteiger partial charge in [0.1, 0.15) is 11.3 Å². The van der Waals surface area contributed by atoms with Crippen molar-refractivity contribution in [1.82, 2.24) is 0 Å². The van der Waals surface area contributed by atoms with Gasteiger partial charge in [0.25, 0.3) is 0 Å². The van der Waals surface area contributed by atoms with Gasteiger partial charge in [0.15, 0.2) is 0 Å². The Morgan fingerprint density at radius 3 is 2.29 bits per heavy atom. The summed E-state index contributed by atoms with van der Waals surface area (Å²) in [5, 5.41) is 8.83. The quantitative estimate of drug-likeness (QED) is 0.730. The van der Waals surface area contributed by atoms with Crippen LogP contribution in [0.3, 0.4) is 0 Å². The summed E-state index contributed by atoms with van der Waals surface area (Å²) in [6, 6.07) is 10.5. The number of nitrogens with zero attached hydrogens (tertiary/aromatic N) is 1. The molecule has 21 heavy (non-hydrogen) atoms. The molecule has 0 radical (unpaired) electrons. The van der Waals surface area contributed by atoms with Crippen LogP contribution in [0.25, 0.3) is 0 Å². The van der Waals surface area contributed by atoms with Crippen LogP contribution in [0.5, 0.6) is 5.75 Å². The number of benzene rings is 1. The topological polar surface area (TPSA) is 59.0 Å². The number of hydrogen-bond acceptors (Lipinski definition) is 3. The van der Waals surface area contributed by atoms with Crippen LogP contribution < -0.4 is 10.5 Å². The van der Waals surface area contributed by atoms with Crippen molar-refractivity contribution in [2.45, 2.75) is 64.3 Å². The van der Waals surface area contributed by atoms with Crippen LogP contribution in [0.15, 0.2) is 24.3 Å². The van der Waals surface area contributed by atoms with E-state index >= 15 is 0 Å². The molecule has 2 N–H and O–H groups in total. The van der Waals surface area contributed by atoms with Crippen LogP contribution in [0, 0.1) is 11.3 Å². The van der Waals surface area contributed by atoms with Crippen LogP contribution in [0.2, 0.25) is 0 Å². The normalized spacial score (nSPS) is 14.3. The number of unbranched alkanes of at least 4 members (excludes halogenated alkanes) is 1. The Morgan fingerprint density at radius 1 is 1.14 bits per heavy atom. The summed E-state index contributed by atoms with van der Waals surface area (Å²) in [6.07, 6.45) is 3.64. The van der Waals surface area contributed by atoms with E-state index in [-0.39, 0.29) is 5.41 Å². The highest BCUT2D eigenvalue weighted by Crippen LogP contribution is 2.28. The fourth-order valence-electron chi connectivity index (χ4n) is 2.05. The van der Waals surface area contributed by atoms with E-state index in [9.17, 15) is 0 Å². The maximum Gasteiger partial charge on any atom is 0.119 e. The largest absolute Gasteiger partial charge is 0.494 e. The Bertz CT molecular complexity index is 469. The lowest BCUT2D eigenvalue weighted by Crippen LogP contribution is -2.33. The maximum absolute atomic E-state index is 8.83. The number of nitriles is 1. The average molecular weight is 288 g/mol. The zero-order valence-corrected chi connectivity index (χ0v) is 13.8. The van der Waals surface area contributed by atoms with Crippen LogP contribution in [0.1, 0.15) is 58.9 Å². The van der Waals surface area contributed by atoms with Crippen molar-refractivity contribution < 1.29 is 4.74 Å². The highest BCUT2D eigenvalue weighted by atomic mass is 16.5. The molecule has 0 aliphatic rings. The third kappa shape index (κ3) is 5.77. The fourth-order valence-corrected chi connectivity index (χ4v) is 2.05. The van der Waals surface area contributed by atoms with Gasteiger partial charge in [-0.25, -0.2) is 0 Å². The lowest BCUT2D eigenvalue weighted by Gasteiger charge is -2.23. The Kier molecular flexibility index (Phi) is 6.23. The molecule has 116 valence electrons. The van der Waals surface area contributed by atoms with E-state index < -0.39 is 5.54 Å². The predicted molar refractivity (Wildman–Crippen MR) is 87.3 cm³/mol.